The van der Waals surface area contributed by atoms with Crippen LogP contribution in [0.2, 0.25) is 0 Å². The van der Waals surface area contributed by atoms with Gasteiger partial charge in [-0.25, -0.2) is 4.98 Å². The fraction of sp³-hybridized carbons (Fsp3) is 0.333. The van der Waals surface area contributed by atoms with Gasteiger partial charge in [-0.2, -0.15) is 0 Å². The molecule has 21 heavy (non-hydrogen) atoms. The minimum absolute atomic E-state index is 0.00440. The van der Waals surface area contributed by atoms with Gasteiger partial charge in [0.05, 0.1) is 24.3 Å². The molecule has 0 fully saturated rings. The highest BCUT2D eigenvalue weighted by molar-refractivity contribution is 7.13. The van der Waals surface area contributed by atoms with Gasteiger partial charge in [-0.1, -0.05) is 0 Å². The number of carbonyl (C=O) groups excluding carboxylic acids is 1. The zero-order chi connectivity index (χ0) is 15.2. The lowest BCUT2D eigenvalue weighted by Gasteiger charge is -2.04. The van der Waals surface area contributed by atoms with Crippen molar-refractivity contribution in [1.82, 2.24) is 4.98 Å². The van der Waals surface area contributed by atoms with E-state index in [-0.39, 0.29) is 5.78 Å². The molecule has 0 amide bonds. The van der Waals surface area contributed by atoms with E-state index in [0.717, 1.165) is 16.5 Å². The van der Waals surface area contributed by atoms with Crippen molar-refractivity contribution >= 4 is 17.1 Å². The first-order valence-corrected chi connectivity index (χ1v) is 7.21. The van der Waals surface area contributed by atoms with Crippen molar-refractivity contribution in [2.24, 2.45) is 0 Å². The van der Waals surface area contributed by atoms with E-state index in [1.165, 1.54) is 18.3 Å². The molecule has 0 radical (unpaired) electrons. The van der Waals surface area contributed by atoms with Crippen LogP contribution in [0.25, 0.3) is 0 Å². The number of carbonyl (C=O) groups is 1. The third kappa shape index (κ3) is 4.03. The van der Waals surface area contributed by atoms with Crippen LogP contribution >= 0.6 is 11.3 Å². The largest absolute Gasteiger partial charge is 0.497 e. The van der Waals surface area contributed by atoms with Gasteiger partial charge >= 0.3 is 0 Å². The Morgan fingerprint density at radius 3 is 2.38 bits per heavy atom. The zero-order valence-corrected chi connectivity index (χ0v) is 13.0. The molecule has 2 aromatic rings. The van der Waals surface area contributed by atoms with Crippen molar-refractivity contribution in [2.75, 3.05) is 14.2 Å². The Balaban J connectivity index is 2.05. The molecule has 0 atom stereocenters. The number of hydrogen-bond acceptors (Lipinski definition) is 6. The number of ether oxygens (including phenoxy) is 3. The molecule has 0 unspecified atom stereocenters. The van der Waals surface area contributed by atoms with Crippen LogP contribution in [0.15, 0.2) is 24.3 Å². The molecule has 0 aliphatic heterocycles. The van der Waals surface area contributed by atoms with E-state index in [0.29, 0.717) is 23.8 Å². The first-order chi connectivity index (χ1) is 10.1. The van der Waals surface area contributed by atoms with Crippen molar-refractivity contribution < 1.29 is 19.0 Å². The minimum Gasteiger partial charge on any atom is -0.497 e. The van der Waals surface area contributed by atoms with Gasteiger partial charge in [-0.3, -0.25) is 4.79 Å². The molecule has 0 bridgehead atoms. The quantitative estimate of drug-likeness (QED) is 0.736. The predicted molar refractivity (Wildman–Crippen MR) is 80.2 cm³/mol. The highest BCUT2D eigenvalue weighted by Gasteiger charge is 2.15. The minimum atomic E-state index is -0.00440. The molecule has 112 valence electrons. The van der Waals surface area contributed by atoms with E-state index in [4.69, 9.17) is 14.2 Å². The highest BCUT2D eigenvalue weighted by Crippen LogP contribution is 2.23. The molecule has 0 spiro atoms. The average Bonchev–Trinajstić information content (AvgIpc) is 2.89. The van der Waals surface area contributed by atoms with Crippen molar-refractivity contribution in [3.8, 4) is 11.5 Å². The summed E-state index contributed by atoms with van der Waals surface area (Å²) in [5.74, 6) is 1.50. The van der Waals surface area contributed by atoms with Gasteiger partial charge in [0.1, 0.15) is 23.1 Å². The van der Waals surface area contributed by atoms with Crippen LogP contribution in [-0.2, 0) is 18.0 Å². The summed E-state index contributed by atoms with van der Waals surface area (Å²) in [6.45, 7) is 2.18. The number of hydrogen-bond donors (Lipinski definition) is 0. The molecular weight excluding hydrogens is 290 g/mol. The Labute approximate surface area is 127 Å². The molecule has 0 saturated heterocycles. The number of ketones is 1. The summed E-state index contributed by atoms with van der Waals surface area (Å²) in [4.78, 5) is 16.6. The van der Waals surface area contributed by atoms with Crippen LogP contribution in [0.5, 0.6) is 11.5 Å². The molecule has 0 aliphatic rings. The summed E-state index contributed by atoms with van der Waals surface area (Å²) >= 11 is 1.34. The van der Waals surface area contributed by atoms with E-state index < -0.39 is 0 Å². The second-order valence-corrected chi connectivity index (χ2v) is 5.42. The van der Waals surface area contributed by atoms with Crippen molar-refractivity contribution in [1.29, 1.82) is 0 Å². The predicted octanol–water partition coefficient (Wildman–Crippen LogP) is 3.08. The number of nitrogens with zero attached hydrogens (tertiary/aromatic N) is 1. The lowest BCUT2D eigenvalue weighted by atomic mass is 10.3. The fourth-order valence-electron chi connectivity index (χ4n) is 1.79. The Hall–Kier alpha value is -1.92. The summed E-state index contributed by atoms with van der Waals surface area (Å²) in [5, 5.41) is 0.753. The van der Waals surface area contributed by atoms with Crippen LogP contribution in [0, 0.1) is 0 Å². The number of benzene rings is 1. The van der Waals surface area contributed by atoms with Crippen LogP contribution in [-0.4, -0.2) is 25.0 Å². The van der Waals surface area contributed by atoms with Crippen molar-refractivity contribution in [2.45, 2.75) is 20.1 Å². The van der Waals surface area contributed by atoms with Gasteiger partial charge in [0, 0.05) is 14.0 Å². The standard InChI is InChI=1S/C15H17NO4S/c1-10(17)15-13(8-18-2)16-14(21-15)9-20-12-6-4-11(19-3)5-7-12/h4-7H,8-9H2,1-3H3. The van der Waals surface area contributed by atoms with Crippen LogP contribution in [0.4, 0.5) is 0 Å². The third-order valence-corrected chi connectivity index (χ3v) is 3.94. The highest BCUT2D eigenvalue weighted by atomic mass is 32.1. The Kier molecular flexibility index (Phi) is 5.30. The number of thiazole rings is 1. The number of aromatic nitrogens is 1. The molecular formula is C15H17NO4S. The number of methoxy groups -OCH3 is 2. The smallest absolute Gasteiger partial charge is 0.171 e. The van der Waals surface area contributed by atoms with E-state index in [9.17, 15) is 4.79 Å². The van der Waals surface area contributed by atoms with Crippen molar-refractivity contribution in [3.05, 3.63) is 39.8 Å². The molecule has 2 rings (SSSR count). The Morgan fingerprint density at radius 2 is 1.81 bits per heavy atom. The summed E-state index contributed by atoms with van der Waals surface area (Å²) in [6.07, 6.45) is 0. The number of rotatable bonds is 7. The molecule has 1 aromatic carbocycles. The van der Waals surface area contributed by atoms with Gasteiger partial charge in [0.15, 0.2) is 5.78 Å². The number of Topliss-reactive ketones (excluding diaryl/α,β-unsaturated/α-hetero) is 1. The first-order valence-electron chi connectivity index (χ1n) is 6.39. The van der Waals surface area contributed by atoms with Gasteiger partial charge in [-0.15, -0.1) is 11.3 Å². The van der Waals surface area contributed by atoms with E-state index in [2.05, 4.69) is 4.98 Å². The molecule has 1 heterocycles. The van der Waals surface area contributed by atoms with E-state index >= 15 is 0 Å². The lowest BCUT2D eigenvalue weighted by Crippen LogP contribution is -1.98. The molecule has 0 saturated carbocycles. The van der Waals surface area contributed by atoms with Crippen molar-refractivity contribution in [3.63, 3.8) is 0 Å². The summed E-state index contributed by atoms with van der Waals surface area (Å²) in [7, 11) is 3.20. The summed E-state index contributed by atoms with van der Waals surface area (Å²) in [6, 6.07) is 7.31. The SMILES string of the molecule is COCc1nc(COc2ccc(OC)cc2)sc1C(C)=O. The second kappa shape index (κ2) is 7.19. The van der Waals surface area contributed by atoms with Gasteiger partial charge in [0.2, 0.25) is 0 Å². The normalized spacial score (nSPS) is 10.4. The Morgan fingerprint density at radius 1 is 1.14 bits per heavy atom. The molecule has 6 heteroatoms. The summed E-state index contributed by atoms with van der Waals surface area (Å²) < 4.78 is 15.8. The lowest BCUT2D eigenvalue weighted by molar-refractivity contribution is 0.101. The zero-order valence-electron chi connectivity index (χ0n) is 12.2. The van der Waals surface area contributed by atoms with Gasteiger partial charge in [-0.05, 0) is 24.3 Å². The van der Waals surface area contributed by atoms with E-state index in [1.54, 1.807) is 14.2 Å². The average molecular weight is 307 g/mol. The van der Waals surface area contributed by atoms with E-state index in [1.807, 2.05) is 24.3 Å². The molecule has 1 aromatic heterocycles. The third-order valence-electron chi connectivity index (χ3n) is 2.76. The van der Waals surface area contributed by atoms with Crippen LogP contribution in [0.1, 0.15) is 27.3 Å². The molecule has 0 aliphatic carbocycles. The second-order valence-electron chi connectivity index (χ2n) is 4.34. The topological polar surface area (TPSA) is 57.6 Å². The maximum atomic E-state index is 11.6. The molecule has 0 N–H and O–H groups in total. The Bertz CT molecular complexity index is 607. The molecule has 5 nitrogen and oxygen atoms in total. The summed E-state index contributed by atoms with van der Waals surface area (Å²) in [5.41, 5.74) is 0.670. The fourth-order valence-corrected chi connectivity index (χ4v) is 2.66. The van der Waals surface area contributed by atoms with Crippen LogP contribution < -0.4 is 9.47 Å². The first kappa shape index (κ1) is 15.5. The van der Waals surface area contributed by atoms with Gasteiger partial charge < -0.3 is 14.2 Å². The van der Waals surface area contributed by atoms with Gasteiger partial charge in [0.25, 0.3) is 0 Å². The van der Waals surface area contributed by atoms with Crippen LogP contribution in [0.3, 0.4) is 0 Å². The monoisotopic (exact) mass is 307 g/mol. The maximum Gasteiger partial charge on any atom is 0.171 e. The maximum absolute atomic E-state index is 11.6.